The third-order valence-electron chi connectivity index (χ3n) is 6.87. The number of nitrogens with zero attached hydrogens (tertiary/aromatic N) is 5. The third kappa shape index (κ3) is 2.59. The molecule has 0 amide bonds. The van der Waals surface area contributed by atoms with Crippen LogP contribution in [-0.2, 0) is 34.6 Å². The molecule has 0 unspecified atom stereocenters. The predicted molar refractivity (Wildman–Crippen MR) is 132 cm³/mol. The standard InChI is InChI=1S/C25H21N5O5/c1-26-20-18(21(31)27(2)24(26)33)14-10-11-17-15(12-16(14)30(20)13-8-6-5-7-9-13)19-22(32)28(3)25(34)29(4)23(19)35-17/h5-11H,12H2,1-4H3. The zero-order valence-corrected chi connectivity index (χ0v) is 19.5. The number of benzene rings is 1. The third-order valence-corrected chi connectivity index (χ3v) is 6.87. The maximum Gasteiger partial charge on any atom is 0.333 e. The van der Waals surface area contributed by atoms with Gasteiger partial charge in [-0.05, 0) is 24.3 Å². The fourth-order valence-corrected chi connectivity index (χ4v) is 5.06. The molecule has 10 heteroatoms. The number of furan rings is 1. The van der Waals surface area contributed by atoms with E-state index < -0.39 is 22.5 Å². The molecule has 0 aliphatic heterocycles. The van der Waals surface area contributed by atoms with Crippen molar-refractivity contribution in [1.82, 2.24) is 22.8 Å². The van der Waals surface area contributed by atoms with E-state index in [9.17, 15) is 19.2 Å². The summed E-state index contributed by atoms with van der Waals surface area (Å²) in [6.07, 6.45) is 3.74. The van der Waals surface area contributed by atoms with Crippen molar-refractivity contribution in [2.75, 3.05) is 0 Å². The molecule has 0 spiro atoms. The van der Waals surface area contributed by atoms with Gasteiger partial charge in [-0.2, -0.15) is 0 Å². The Kier molecular flexibility index (Phi) is 4.17. The molecule has 0 saturated heterocycles. The Bertz CT molecular complexity index is 1990. The van der Waals surface area contributed by atoms with Gasteiger partial charge >= 0.3 is 11.4 Å². The minimum Gasteiger partial charge on any atom is -0.439 e. The van der Waals surface area contributed by atoms with Crippen molar-refractivity contribution in [1.29, 1.82) is 0 Å². The van der Waals surface area contributed by atoms with Crippen LogP contribution in [0, 0.1) is 0 Å². The quantitative estimate of drug-likeness (QED) is 0.359. The second-order valence-electron chi connectivity index (χ2n) is 8.78. The van der Waals surface area contributed by atoms with E-state index in [2.05, 4.69) is 0 Å². The Hall–Kier alpha value is -4.60. The number of rotatable bonds is 1. The molecule has 0 radical (unpaired) electrons. The molecular formula is C25H21N5O5. The zero-order valence-electron chi connectivity index (χ0n) is 19.5. The highest BCUT2D eigenvalue weighted by molar-refractivity contribution is 5.95. The van der Waals surface area contributed by atoms with Crippen molar-refractivity contribution < 1.29 is 4.42 Å². The molecule has 4 heterocycles. The highest BCUT2D eigenvalue weighted by atomic mass is 16.3. The molecule has 35 heavy (non-hydrogen) atoms. The number of aryl methyl sites for hydroxylation is 2. The Morgan fingerprint density at radius 2 is 1.37 bits per heavy atom. The Labute approximate surface area is 196 Å². The van der Waals surface area contributed by atoms with Crippen molar-refractivity contribution >= 4 is 34.3 Å². The van der Waals surface area contributed by atoms with Crippen LogP contribution in [-0.4, -0.2) is 22.8 Å². The molecule has 4 aromatic heterocycles. The molecule has 0 fully saturated rings. The first-order valence-electron chi connectivity index (χ1n) is 11.0. The van der Waals surface area contributed by atoms with Crippen LogP contribution in [0.25, 0.3) is 40.0 Å². The van der Waals surface area contributed by atoms with Gasteiger partial charge in [0.05, 0.1) is 5.39 Å². The summed E-state index contributed by atoms with van der Waals surface area (Å²) in [5.41, 5.74) is 1.68. The van der Waals surface area contributed by atoms with Gasteiger partial charge in [-0.3, -0.25) is 32.4 Å². The highest BCUT2D eigenvalue weighted by Gasteiger charge is 2.29. The summed E-state index contributed by atoms with van der Waals surface area (Å²) in [6.45, 7) is 0. The van der Waals surface area contributed by atoms with Crippen molar-refractivity contribution in [2.24, 2.45) is 28.2 Å². The zero-order chi connectivity index (χ0) is 24.8. The molecule has 10 nitrogen and oxygen atoms in total. The van der Waals surface area contributed by atoms with Gasteiger partial charge in [-0.25, -0.2) is 9.59 Å². The molecule has 1 aliphatic rings. The van der Waals surface area contributed by atoms with E-state index in [4.69, 9.17) is 4.42 Å². The van der Waals surface area contributed by atoms with Crippen LogP contribution in [0.15, 0.2) is 53.9 Å². The molecule has 0 atom stereocenters. The Morgan fingerprint density at radius 1 is 0.743 bits per heavy atom. The van der Waals surface area contributed by atoms with Crippen LogP contribution < -0.4 is 22.5 Å². The van der Waals surface area contributed by atoms with Gasteiger partial charge in [0.25, 0.3) is 11.1 Å². The maximum atomic E-state index is 13.3. The van der Waals surface area contributed by atoms with Crippen LogP contribution in [0.3, 0.4) is 0 Å². The lowest BCUT2D eigenvalue weighted by atomic mass is 10.1. The summed E-state index contributed by atoms with van der Waals surface area (Å²) >= 11 is 0. The van der Waals surface area contributed by atoms with Crippen LogP contribution in [0.1, 0.15) is 22.6 Å². The van der Waals surface area contributed by atoms with Crippen LogP contribution >= 0.6 is 0 Å². The van der Waals surface area contributed by atoms with Gasteiger partial charge in [0.2, 0.25) is 5.71 Å². The number of aromatic nitrogens is 5. The first-order valence-corrected chi connectivity index (χ1v) is 11.0. The lowest BCUT2D eigenvalue weighted by Crippen LogP contribution is -2.37. The Morgan fingerprint density at radius 3 is 2.06 bits per heavy atom. The van der Waals surface area contributed by atoms with Gasteiger partial charge in [0.1, 0.15) is 16.8 Å². The van der Waals surface area contributed by atoms with Crippen LogP contribution in [0.4, 0.5) is 0 Å². The monoisotopic (exact) mass is 471 g/mol. The maximum absolute atomic E-state index is 13.3. The van der Waals surface area contributed by atoms with E-state index in [0.717, 1.165) is 20.5 Å². The van der Waals surface area contributed by atoms with E-state index in [1.165, 1.54) is 23.2 Å². The average molecular weight is 471 g/mol. The minimum atomic E-state index is -0.479. The molecule has 6 rings (SSSR count). The van der Waals surface area contributed by atoms with E-state index in [-0.39, 0.29) is 12.1 Å². The SMILES string of the molecule is Cn1c(=O)c2c3c(oc2n(C)c1=O)C=Cc1c(n(-c2ccccc2)c2c1c(=O)n(C)c(=O)n2C)C3. The lowest BCUT2D eigenvalue weighted by molar-refractivity contribution is 0.553. The molecule has 176 valence electrons. The molecule has 1 aliphatic carbocycles. The first-order chi connectivity index (χ1) is 16.7. The summed E-state index contributed by atoms with van der Waals surface area (Å²) in [7, 11) is 6.08. The topological polar surface area (TPSA) is 106 Å². The molecule has 5 aromatic rings. The molecule has 1 aromatic carbocycles. The van der Waals surface area contributed by atoms with Crippen LogP contribution in [0.2, 0.25) is 0 Å². The van der Waals surface area contributed by atoms with E-state index in [1.54, 1.807) is 26.2 Å². The summed E-state index contributed by atoms with van der Waals surface area (Å²) in [5, 5.41) is 0.716. The molecule has 0 bridgehead atoms. The highest BCUT2D eigenvalue weighted by Crippen LogP contribution is 2.36. The van der Waals surface area contributed by atoms with Crippen LogP contribution in [0.5, 0.6) is 0 Å². The van der Waals surface area contributed by atoms with Crippen molar-refractivity contribution in [2.45, 2.75) is 6.42 Å². The number of para-hydroxylation sites is 1. The van der Waals surface area contributed by atoms with E-state index in [1.807, 2.05) is 34.9 Å². The second-order valence-corrected chi connectivity index (χ2v) is 8.78. The molecule has 0 saturated carbocycles. The Balaban J connectivity index is 1.81. The predicted octanol–water partition coefficient (Wildman–Crippen LogP) is 1.25. The second kappa shape index (κ2) is 6.95. The average Bonchev–Trinajstić information content (AvgIpc) is 3.33. The minimum absolute atomic E-state index is 0.196. The summed E-state index contributed by atoms with van der Waals surface area (Å²) < 4.78 is 12.8. The fourth-order valence-electron chi connectivity index (χ4n) is 5.06. The van der Waals surface area contributed by atoms with E-state index in [0.29, 0.717) is 33.3 Å². The summed E-state index contributed by atoms with van der Waals surface area (Å²) in [4.78, 5) is 51.8. The van der Waals surface area contributed by atoms with Crippen molar-refractivity contribution in [3.63, 3.8) is 0 Å². The van der Waals surface area contributed by atoms with Gasteiger partial charge in [0.15, 0.2) is 0 Å². The van der Waals surface area contributed by atoms with Crippen molar-refractivity contribution in [3.8, 4) is 5.69 Å². The van der Waals surface area contributed by atoms with Gasteiger partial charge in [-0.1, -0.05) is 18.2 Å². The summed E-state index contributed by atoms with van der Waals surface area (Å²) in [6, 6.07) is 9.44. The van der Waals surface area contributed by atoms with E-state index >= 15 is 0 Å². The number of fused-ring (bicyclic) bond motifs is 6. The van der Waals surface area contributed by atoms with Gasteiger partial charge in [0, 0.05) is 57.1 Å². The smallest absolute Gasteiger partial charge is 0.333 e. The van der Waals surface area contributed by atoms with Gasteiger partial charge in [-0.15, -0.1) is 0 Å². The summed E-state index contributed by atoms with van der Waals surface area (Å²) in [5.74, 6) is 0.448. The molecule has 0 N–H and O–H groups in total. The molecular weight excluding hydrogens is 450 g/mol. The fraction of sp³-hybridized carbons (Fsp3) is 0.200. The first kappa shape index (κ1) is 21.0. The van der Waals surface area contributed by atoms with Crippen molar-refractivity contribution in [3.05, 3.63) is 94.6 Å². The lowest BCUT2D eigenvalue weighted by Gasteiger charge is -2.13. The number of hydrogen-bond acceptors (Lipinski definition) is 5. The normalized spacial score (nSPS) is 12.8. The number of hydrogen-bond donors (Lipinski definition) is 0. The van der Waals surface area contributed by atoms with Gasteiger partial charge < -0.3 is 4.42 Å². The largest absolute Gasteiger partial charge is 0.439 e.